The van der Waals surface area contributed by atoms with Crippen molar-refractivity contribution in [3.8, 4) is 0 Å². The zero-order chi connectivity index (χ0) is 16.1. The van der Waals surface area contributed by atoms with Gasteiger partial charge in [0.1, 0.15) is 0 Å². The van der Waals surface area contributed by atoms with Crippen LogP contribution in [0.3, 0.4) is 0 Å². The number of para-hydroxylation sites is 1. The number of aliphatic carboxylic acids is 1. The van der Waals surface area contributed by atoms with Crippen LogP contribution in [0.15, 0.2) is 42.6 Å². The van der Waals surface area contributed by atoms with Crippen molar-refractivity contribution < 1.29 is 19.5 Å². The standard InChI is InChI=1S/C17H15NO4/c1-2-9-18-11-12(14-5-3-4-6-15(14)18)7-8-13(19)10-16(20)17(21)22/h2-9,11H,10H2,1H3,(H,21,22)/b8-7+,9-2+. The van der Waals surface area contributed by atoms with E-state index in [1.165, 1.54) is 6.08 Å². The third-order valence-electron chi connectivity index (χ3n) is 3.10. The van der Waals surface area contributed by atoms with E-state index in [1.54, 1.807) is 6.08 Å². The summed E-state index contributed by atoms with van der Waals surface area (Å²) in [6.45, 7) is 1.91. The van der Waals surface area contributed by atoms with Crippen LogP contribution in [-0.2, 0) is 14.4 Å². The van der Waals surface area contributed by atoms with Crippen LogP contribution in [0.4, 0.5) is 0 Å². The number of ketones is 2. The van der Waals surface area contributed by atoms with Crippen molar-refractivity contribution in [3.05, 3.63) is 48.2 Å². The maximum absolute atomic E-state index is 11.6. The van der Waals surface area contributed by atoms with Gasteiger partial charge >= 0.3 is 5.97 Å². The van der Waals surface area contributed by atoms with Gasteiger partial charge < -0.3 is 9.67 Å². The van der Waals surface area contributed by atoms with Gasteiger partial charge in [0.25, 0.3) is 0 Å². The first-order chi connectivity index (χ1) is 10.5. The maximum Gasteiger partial charge on any atom is 0.372 e. The SMILES string of the molecule is C/C=C/n1cc(/C=C/C(=O)CC(=O)C(=O)O)c2ccccc21. The van der Waals surface area contributed by atoms with Crippen LogP contribution in [0.1, 0.15) is 18.9 Å². The molecule has 0 spiro atoms. The number of carboxylic acid groups (broad SMARTS) is 1. The van der Waals surface area contributed by atoms with Gasteiger partial charge in [-0.15, -0.1) is 0 Å². The van der Waals surface area contributed by atoms with Gasteiger partial charge in [-0.2, -0.15) is 0 Å². The molecule has 0 atom stereocenters. The minimum Gasteiger partial charge on any atom is -0.475 e. The molecule has 2 rings (SSSR count). The predicted octanol–water partition coefficient (Wildman–Crippen LogP) is 2.76. The smallest absolute Gasteiger partial charge is 0.372 e. The van der Waals surface area contributed by atoms with Crippen molar-refractivity contribution in [1.82, 2.24) is 4.57 Å². The Morgan fingerprint density at radius 1 is 1.23 bits per heavy atom. The number of carbonyl (C=O) groups excluding carboxylic acids is 2. The molecule has 0 saturated carbocycles. The topological polar surface area (TPSA) is 76.4 Å². The number of rotatable bonds is 6. The number of hydrogen-bond acceptors (Lipinski definition) is 3. The summed E-state index contributed by atoms with van der Waals surface area (Å²) in [5.41, 5.74) is 1.82. The van der Waals surface area contributed by atoms with Crippen LogP contribution < -0.4 is 0 Å². The molecule has 2 aromatic rings. The molecular formula is C17H15NO4. The van der Waals surface area contributed by atoms with Crippen LogP contribution in [0.25, 0.3) is 23.2 Å². The summed E-state index contributed by atoms with van der Waals surface area (Å²) >= 11 is 0. The lowest BCUT2D eigenvalue weighted by Gasteiger charge is -1.95. The van der Waals surface area contributed by atoms with Crippen molar-refractivity contribution in [2.45, 2.75) is 13.3 Å². The van der Waals surface area contributed by atoms with Crippen molar-refractivity contribution in [1.29, 1.82) is 0 Å². The van der Waals surface area contributed by atoms with Crippen molar-refractivity contribution in [3.63, 3.8) is 0 Å². The molecule has 5 nitrogen and oxygen atoms in total. The molecule has 0 saturated heterocycles. The summed E-state index contributed by atoms with van der Waals surface area (Å²) in [5, 5.41) is 9.45. The van der Waals surface area contributed by atoms with Gasteiger partial charge in [-0.05, 0) is 25.1 Å². The number of carboxylic acids is 1. The van der Waals surface area contributed by atoms with E-state index in [4.69, 9.17) is 5.11 Å². The fourth-order valence-electron chi connectivity index (χ4n) is 2.12. The Labute approximate surface area is 127 Å². The van der Waals surface area contributed by atoms with E-state index < -0.39 is 24.0 Å². The van der Waals surface area contributed by atoms with E-state index in [0.717, 1.165) is 16.5 Å². The molecule has 0 fully saturated rings. The second-order valence-corrected chi connectivity index (χ2v) is 4.70. The molecule has 22 heavy (non-hydrogen) atoms. The molecule has 0 aliphatic heterocycles. The number of benzene rings is 1. The highest BCUT2D eigenvalue weighted by Crippen LogP contribution is 2.22. The second-order valence-electron chi connectivity index (χ2n) is 4.70. The summed E-state index contributed by atoms with van der Waals surface area (Å²) < 4.78 is 1.93. The molecule has 5 heteroatoms. The van der Waals surface area contributed by atoms with E-state index in [1.807, 2.05) is 54.2 Å². The molecule has 0 aliphatic carbocycles. The summed E-state index contributed by atoms with van der Waals surface area (Å²) in [6, 6.07) is 7.71. The molecule has 1 N–H and O–H groups in total. The van der Waals surface area contributed by atoms with Gasteiger partial charge in [-0.25, -0.2) is 4.79 Å². The first kappa shape index (κ1) is 15.4. The highest BCUT2D eigenvalue weighted by molar-refractivity contribution is 6.37. The number of aromatic nitrogens is 1. The molecule has 0 radical (unpaired) electrons. The summed E-state index contributed by atoms with van der Waals surface area (Å²) in [7, 11) is 0. The summed E-state index contributed by atoms with van der Waals surface area (Å²) in [4.78, 5) is 33.0. The molecule has 112 valence electrons. The number of Topliss-reactive ketones (excluding diaryl/α,β-unsaturated/α-hetero) is 1. The number of hydrogen-bond donors (Lipinski definition) is 1. The van der Waals surface area contributed by atoms with E-state index in [2.05, 4.69) is 0 Å². The summed E-state index contributed by atoms with van der Waals surface area (Å²) in [5.74, 6) is -3.23. The number of fused-ring (bicyclic) bond motifs is 1. The van der Waals surface area contributed by atoms with Crippen LogP contribution in [0.5, 0.6) is 0 Å². The number of allylic oxidation sites excluding steroid dienone is 2. The highest BCUT2D eigenvalue weighted by Gasteiger charge is 2.14. The van der Waals surface area contributed by atoms with Crippen LogP contribution in [0, 0.1) is 0 Å². The van der Waals surface area contributed by atoms with E-state index in [0.29, 0.717) is 0 Å². The Morgan fingerprint density at radius 2 is 1.95 bits per heavy atom. The fraction of sp³-hybridized carbons (Fsp3) is 0.118. The summed E-state index contributed by atoms with van der Waals surface area (Å²) in [6.07, 6.45) is 7.88. The first-order valence-corrected chi connectivity index (χ1v) is 6.72. The Bertz CT molecular complexity index is 796. The van der Waals surface area contributed by atoms with Gasteiger partial charge in [0.15, 0.2) is 5.78 Å². The third kappa shape index (κ3) is 3.38. The molecule has 1 heterocycles. The molecule has 1 aromatic carbocycles. The van der Waals surface area contributed by atoms with Gasteiger partial charge in [-0.3, -0.25) is 9.59 Å². The molecule has 0 aliphatic rings. The Hall–Kier alpha value is -2.95. The Balaban J connectivity index is 2.28. The highest BCUT2D eigenvalue weighted by atomic mass is 16.4. The normalized spacial score (nSPS) is 11.5. The van der Waals surface area contributed by atoms with Gasteiger partial charge in [0.05, 0.1) is 11.9 Å². The van der Waals surface area contributed by atoms with Gasteiger partial charge in [0, 0.05) is 23.3 Å². The van der Waals surface area contributed by atoms with Crippen molar-refractivity contribution >= 4 is 40.7 Å². The lowest BCUT2D eigenvalue weighted by atomic mass is 10.1. The quantitative estimate of drug-likeness (QED) is 0.505. The molecule has 0 bridgehead atoms. The fourth-order valence-corrected chi connectivity index (χ4v) is 2.12. The first-order valence-electron chi connectivity index (χ1n) is 6.72. The van der Waals surface area contributed by atoms with Crippen LogP contribution in [0.2, 0.25) is 0 Å². The van der Waals surface area contributed by atoms with E-state index in [9.17, 15) is 14.4 Å². The average molecular weight is 297 g/mol. The monoisotopic (exact) mass is 297 g/mol. The van der Waals surface area contributed by atoms with Crippen LogP contribution in [-0.4, -0.2) is 27.2 Å². The van der Waals surface area contributed by atoms with Crippen molar-refractivity contribution in [2.75, 3.05) is 0 Å². The zero-order valence-electron chi connectivity index (χ0n) is 12.0. The Kier molecular flexibility index (Phi) is 4.68. The lowest BCUT2D eigenvalue weighted by Crippen LogP contribution is -2.15. The van der Waals surface area contributed by atoms with E-state index in [-0.39, 0.29) is 0 Å². The minimum absolute atomic E-state index is 0.532. The van der Waals surface area contributed by atoms with Gasteiger partial charge in [-0.1, -0.05) is 24.3 Å². The lowest BCUT2D eigenvalue weighted by molar-refractivity contribution is -0.149. The zero-order valence-corrected chi connectivity index (χ0v) is 12.0. The minimum atomic E-state index is -1.59. The van der Waals surface area contributed by atoms with Crippen LogP contribution >= 0.6 is 0 Å². The molecule has 0 unspecified atom stereocenters. The maximum atomic E-state index is 11.6. The number of nitrogens with zero attached hydrogens (tertiary/aromatic N) is 1. The number of carbonyl (C=O) groups is 3. The Morgan fingerprint density at radius 3 is 2.64 bits per heavy atom. The van der Waals surface area contributed by atoms with E-state index >= 15 is 0 Å². The second kappa shape index (κ2) is 6.67. The van der Waals surface area contributed by atoms with Crippen molar-refractivity contribution in [2.24, 2.45) is 0 Å². The third-order valence-corrected chi connectivity index (χ3v) is 3.10. The molecular weight excluding hydrogens is 282 g/mol. The predicted molar refractivity (Wildman–Crippen MR) is 84.2 cm³/mol. The molecule has 1 aromatic heterocycles. The molecule has 0 amide bonds. The average Bonchev–Trinajstić information content (AvgIpc) is 2.84. The largest absolute Gasteiger partial charge is 0.475 e. The van der Waals surface area contributed by atoms with Gasteiger partial charge in [0.2, 0.25) is 5.78 Å².